The maximum absolute atomic E-state index is 11.5. The molecule has 7 nitrogen and oxygen atoms in total. The number of halogens is 1. The molecule has 1 unspecified atom stereocenters. The number of rotatable bonds is 4. The van der Waals surface area contributed by atoms with E-state index in [9.17, 15) is 18.8 Å². The Morgan fingerprint density at radius 3 is 2.84 bits per heavy atom. The van der Waals surface area contributed by atoms with Crippen molar-refractivity contribution in [2.45, 2.75) is 11.8 Å². The van der Waals surface area contributed by atoms with E-state index in [0.717, 1.165) is 10.8 Å². The molecule has 19 heavy (non-hydrogen) atoms. The number of benzene rings is 1. The smallest absolute Gasteiger partial charge is 0.338 e. The lowest BCUT2D eigenvalue weighted by Crippen LogP contribution is -2.60. The van der Waals surface area contributed by atoms with Gasteiger partial charge in [0.15, 0.2) is 3.74 Å². The Morgan fingerprint density at radius 2 is 2.21 bits per heavy atom. The molecule has 0 N–H and O–H groups in total. The zero-order valence-corrected chi connectivity index (χ0v) is 11.9. The van der Waals surface area contributed by atoms with Crippen LogP contribution in [-0.4, -0.2) is 12.6 Å². The van der Waals surface area contributed by atoms with E-state index < -0.39 is 26.2 Å². The molecule has 0 radical (unpaired) electrons. The van der Waals surface area contributed by atoms with Crippen LogP contribution in [0.5, 0.6) is 0 Å². The Morgan fingerprint density at radius 1 is 1.47 bits per heavy atom. The van der Waals surface area contributed by atoms with Crippen molar-refractivity contribution >= 4 is 32.5 Å². The number of carbonyl (C=O) groups is 1. The fraction of sp³-hybridized carbons (Fsp3) is 0.222. The van der Waals surface area contributed by atoms with Crippen molar-refractivity contribution in [3.63, 3.8) is 0 Å². The molecule has 2 rings (SSSR count). The first-order valence-corrected chi connectivity index (χ1v) is 8.63. The molecule has 0 amide bonds. The number of esters is 1. The van der Waals surface area contributed by atoms with E-state index >= 15 is 0 Å². The van der Waals surface area contributed by atoms with E-state index in [-0.39, 0.29) is 6.61 Å². The number of carbonyl (C=O) groups excluding carboxylic acids is 1. The maximum Gasteiger partial charge on any atom is 0.338 e. The Kier molecular flexibility index (Phi) is 4.46. The van der Waals surface area contributed by atoms with Gasteiger partial charge in [-0.15, -0.1) is 0 Å². The lowest BCUT2D eigenvalue weighted by atomic mass is 10.2. The summed E-state index contributed by atoms with van der Waals surface area (Å²) >= 11 is 0. The van der Waals surface area contributed by atoms with Crippen molar-refractivity contribution in [3.05, 3.63) is 23.8 Å². The second-order valence-corrected chi connectivity index (χ2v) is 7.07. The molecule has 0 fully saturated rings. The maximum atomic E-state index is 11.5. The quantitative estimate of drug-likeness (QED) is 0.522. The van der Waals surface area contributed by atoms with E-state index in [4.69, 9.17) is 4.74 Å². The summed E-state index contributed by atoms with van der Waals surface area (Å²) in [7, 11) is -5.01. The standard InChI is InChI=1S/C9H8ClNO6S2/c1-2-16-9(12)6-3-4-7-8(5-6)18-19(11-7)17-10(13,14)15/h3-5H,2H2,1H3. The third-order valence-electron chi connectivity index (χ3n) is 1.94. The second kappa shape index (κ2) is 5.75. The minimum absolute atomic E-state index is 0.258. The minimum Gasteiger partial charge on any atom is -0.462 e. The molecule has 1 aromatic rings. The van der Waals surface area contributed by atoms with E-state index in [2.05, 4.69) is 8.10 Å². The predicted octanol–water partition coefficient (Wildman–Crippen LogP) is -0.854. The largest absolute Gasteiger partial charge is 0.462 e. The summed E-state index contributed by atoms with van der Waals surface area (Å²) in [6.45, 7) is 1.95. The van der Waals surface area contributed by atoms with Gasteiger partial charge in [-0.1, -0.05) is 0 Å². The molecule has 1 aliphatic heterocycles. The molecule has 0 saturated heterocycles. The van der Waals surface area contributed by atoms with Crippen LogP contribution in [0.25, 0.3) is 0 Å². The van der Waals surface area contributed by atoms with E-state index in [1.54, 1.807) is 13.0 Å². The van der Waals surface area contributed by atoms with E-state index in [1.807, 2.05) is 0 Å². The van der Waals surface area contributed by atoms with Crippen molar-refractivity contribution in [2.75, 3.05) is 6.61 Å². The fourth-order valence-electron chi connectivity index (χ4n) is 1.27. The molecular formula is C9H8ClNO6S2. The molecule has 1 aromatic carbocycles. The molecule has 0 aromatic heterocycles. The topological polar surface area (TPSA) is 117 Å². The number of hydrogen-bond acceptors (Lipinski definition) is 8. The van der Waals surface area contributed by atoms with Crippen LogP contribution < -0.4 is 14.0 Å². The van der Waals surface area contributed by atoms with Crippen molar-refractivity contribution in [1.29, 1.82) is 0 Å². The van der Waals surface area contributed by atoms with Gasteiger partial charge in [0.25, 0.3) is 10.0 Å². The Hall–Kier alpha value is -0.680. The highest BCUT2D eigenvalue weighted by Gasteiger charge is 2.30. The normalized spacial score (nSPS) is 17.8. The lowest BCUT2D eigenvalue weighted by Gasteiger charge is -2.10. The molecule has 1 atom stereocenters. The van der Waals surface area contributed by atoms with Gasteiger partial charge in [-0.25, -0.2) is 4.79 Å². The van der Waals surface area contributed by atoms with Gasteiger partial charge >= 0.3 is 5.97 Å². The van der Waals surface area contributed by atoms with Crippen LogP contribution in [0.15, 0.2) is 27.5 Å². The van der Waals surface area contributed by atoms with Crippen molar-refractivity contribution in [3.8, 4) is 0 Å². The zero-order valence-electron chi connectivity index (χ0n) is 9.53. The monoisotopic (exact) mass is 325 g/mol. The van der Waals surface area contributed by atoms with Gasteiger partial charge in [-0.3, -0.25) is 0 Å². The Balaban J connectivity index is 2.14. The molecule has 0 aliphatic carbocycles. The van der Waals surface area contributed by atoms with Gasteiger partial charge < -0.3 is 4.74 Å². The van der Waals surface area contributed by atoms with Crippen LogP contribution in [0.2, 0.25) is 0 Å². The van der Waals surface area contributed by atoms with Crippen LogP contribution in [0.1, 0.15) is 17.3 Å². The molecule has 0 spiro atoms. The second-order valence-electron chi connectivity index (χ2n) is 3.24. The van der Waals surface area contributed by atoms with Crippen molar-refractivity contribution < 1.29 is 37.5 Å². The summed E-state index contributed by atoms with van der Waals surface area (Å²) in [5.41, 5.74) is 0.802. The zero-order chi connectivity index (χ0) is 14.0. The Bertz CT molecular complexity index is 544. The number of fused-ring (bicyclic) bond motifs is 1. The molecule has 1 aliphatic rings. The summed E-state index contributed by atoms with van der Waals surface area (Å²) in [5.74, 6) is -0.479. The minimum atomic E-state index is -4.53. The number of hydrogen-bond donors (Lipinski definition) is 0. The number of ether oxygens (including phenoxy) is 1. The average molecular weight is 326 g/mol. The highest BCUT2D eigenvalue weighted by atomic mass is 35.7. The molecule has 104 valence electrons. The van der Waals surface area contributed by atoms with Gasteiger partial charge in [0, 0.05) is 15.7 Å². The highest BCUT2D eigenvalue weighted by molar-refractivity contribution is 8.68. The van der Waals surface area contributed by atoms with Crippen molar-refractivity contribution in [2.24, 2.45) is 4.36 Å². The lowest BCUT2D eigenvalue weighted by molar-refractivity contribution is -1.91. The third-order valence-corrected chi connectivity index (χ3v) is 5.63. The summed E-state index contributed by atoms with van der Waals surface area (Å²) in [5, 5.41) is 0. The highest BCUT2D eigenvalue weighted by Crippen LogP contribution is 2.42. The van der Waals surface area contributed by atoms with E-state index in [1.165, 1.54) is 12.1 Å². The summed E-state index contributed by atoms with van der Waals surface area (Å²) < 4.78 is 44.3. The summed E-state index contributed by atoms with van der Waals surface area (Å²) in [6.07, 6.45) is 0. The van der Waals surface area contributed by atoms with Crippen LogP contribution in [-0.2, 0) is 18.5 Å². The van der Waals surface area contributed by atoms with Crippen LogP contribution in [0.3, 0.4) is 0 Å². The molecular weight excluding hydrogens is 318 g/mol. The summed E-state index contributed by atoms with van der Waals surface area (Å²) in [6, 6.07) is 4.57. The number of nitrogens with zero attached hydrogens (tertiary/aromatic N) is 1. The predicted molar refractivity (Wildman–Crippen MR) is 58.8 cm³/mol. The van der Waals surface area contributed by atoms with Gasteiger partial charge in [0.2, 0.25) is 0 Å². The average Bonchev–Trinajstić information content (AvgIpc) is 2.67. The van der Waals surface area contributed by atoms with Gasteiger partial charge in [0.1, 0.15) is 0 Å². The Labute approximate surface area is 117 Å². The molecule has 10 heteroatoms. The van der Waals surface area contributed by atoms with Crippen LogP contribution in [0, 0.1) is 10.2 Å². The molecule has 0 saturated carbocycles. The molecule has 0 bridgehead atoms. The van der Waals surface area contributed by atoms with Crippen LogP contribution >= 0.6 is 10.8 Å². The van der Waals surface area contributed by atoms with Gasteiger partial charge in [-0.2, -0.15) is 18.3 Å². The van der Waals surface area contributed by atoms with E-state index in [0.29, 0.717) is 16.1 Å². The molecule has 1 heterocycles. The fourth-order valence-corrected chi connectivity index (χ4v) is 4.96. The first kappa shape index (κ1) is 14.7. The van der Waals surface area contributed by atoms with Gasteiger partial charge in [-0.05, 0) is 25.1 Å². The third kappa shape index (κ3) is 3.89. The van der Waals surface area contributed by atoms with Crippen molar-refractivity contribution in [1.82, 2.24) is 0 Å². The van der Waals surface area contributed by atoms with Gasteiger partial charge in [0.05, 0.1) is 28.1 Å². The summed E-state index contributed by atoms with van der Waals surface area (Å²) in [4.78, 5) is 12.1. The SMILES string of the molecule is CCOC(=O)c1ccc2c(c1)SS(O[Cl+3]([O-])([O-])[O-])=N2. The first-order valence-electron chi connectivity index (χ1n) is 4.95. The first-order chi connectivity index (χ1) is 8.89. The van der Waals surface area contributed by atoms with Crippen LogP contribution in [0.4, 0.5) is 5.69 Å².